The van der Waals surface area contributed by atoms with Crippen molar-refractivity contribution in [1.29, 1.82) is 0 Å². The molecule has 0 aliphatic rings. The van der Waals surface area contributed by atoms with Gasteiger partial charge in [0.2, 0.25) is 11.8 Å². The van der Waals surface area contributed by atoms with E-state index in [0.717, 1.165) is 11.3 Å². The molecule has 1 heterocycles. The third-order valence-corrected chi connectivity index (χ3v) is 4.06. The molecule has 0 spiro atoms. The van der Waals surface area contributed by atoms with Crippen LogP contribution in [0.25, 0.3) is 0 Å². The van der Waals surface area contributed by atoms with Gasteiger partial charge < -0.3 is 20.2 Å². The van der Waals surface area contributed by atoms with E-state index < -0.39 is 6.10 Å². The predicted molar refractivity (Wildman–Crippen MR) is 93.8 cm³/mol. The number of anilines is 1. The number of furan rings is 1. The van der Waals surface area contributed by atoms with Gasteiger partial charge in [0.25, 0.3) is 0 Å². The summed E-state index contributed by atoms with van der Waals surface area (Å²) in [4.78, 5) is 23.5. The van der Waals surface area contributed by atoms with Crippen LogP contribution in [0.5, 0.6) is 0 Å². The normalized spacial score (nSPS) is 11.8. The fourth-order valence-electron chi connectivity index (χ4n) is 2.00. The van der Waals surface area contributed by atoms with Gasteiger partial charge in [-0.25, -0.2) is 0 Å². The lowest BCUT2D eigenvalue weighted by atomic mass is 10.2. The maximum atomic E-state index is 11.8. The molecule has 0 saturated heterocycles. The fraction of sp³-hybridized carbons (Fsp3) is 0.294. The van der Waals surface area contributed by atoms with Crippen molar-refractivity contribution in [3.63, 3.8) is 0 Å². The zero-order valence-corrected chi connectivity index (χ0v) is 14.1. The van der Waals surface area contributed by atoms with E-state index in [-0.39, 0.29) is 29.9 Å². The highest BCUT2D eigenvalue weighted by atomic mass is 32.2. The van der Waals surface area contributed by atoms with Crippen LogP contribution in [-0.4, -0.2) is 35.0 Å². The van der Waals surface area contributed by atoms with Crippen molar-refractivity contribution in [2.75, 3.05) is 23.4 Å². The van der Waals surface area contributed by atoms with Crippen LogP contribution in [-0.2, 0) is 9.59 Å². The Morgan fingerprint density at radius 3 is 2.71 bits per heavy atom. The first kappa shape index (κ1) is 18.1. The number of carbonyl (C=O) groups is 2. The van der Waals surface area contributed by atoms with Crippen molar-refractivity contribution in [2.45, 2.75) is 13.0 Å². The Morgan fingerprint density at radius 2 is 2.00 bits per heavy atom. The molecule has 1 aromatic heterocycles. The topological polar surface area (TPSA) is 91.6 Å². The van der Waals surface area contributed by atoms with E-state index in [4.69, 9.17) is 4.42 Å². The van der Waals surface area contributed by atoms with E-state index in [1.165, 1.54) is 18.0 Å². The number of aryl methyl sites for hydroxylation is 1. The molecule has 0 aliphatic heterocycles. The van der Waals surface area contributed by atoms with Crippen LogP contribution >= 0.6 is 11.8 Å². The molecule has 3 N–H and O–H groups in total. The fourth-order valence-corrected chi connectivity index (χ4v) is 2.65. The highest BCUT2D eigenvalue weighted by Crippen LogP contribution is 2.12. The molecular formula is C17H20N2O4S. The van der Waals surface area contributed by atoms with Gasteiger partial charge in [0.15, 0.2) is 0 Å². The molecule has 0 saturated carbocycles. The summed E-state index contributed by atoms with van der Waals surface area (Å²) in [6.07, 6.45) is 0.585. The van der Waals surface area contributed by atoms with E-state index in [1.54, 1.807) is 12.1 Å². The maximum Gasteiger partial charge on any atom is 0.234 e. The number of nitrogens with one attached hydrogen (secondary N) is 2. The molecule has 6 nitrogen and oxygen atoms in total. The second-order valence-corrected chi connectivity index (χ2v) is 6.23. The highest BCUT2D eigenvalue weighted by Gasteiger charge is 2.12. The molecular weight excluding hydrogens is 328 g/mol. The minimum absolute atomic E-state index is 0.0718. The number of aliphatic hydroxyl groups is 1. The summed E-state index contributed by atoms with van der Waals surface area (Å²) in [6.45, 7) is 2.02. The third-order valence-electron chi connectivity index (χ3n) is 3.13. The van der Waals surface area contributed by atoms with Gasteiger partial charge in [0, 0.05) is 5.69 Å². The molecule has 0 bridgehead atoms. The average Bonchev–Trinajstić information content (AvgIpc) is 3.07. The van der Waals surface area contributed by atoms with Gasteiger partial charge in [-0.2, -0.15) is 0 Å². The quantitative estimate of drug-likeness (QED) is 0.680. The zero-order chi connectivity index (χ0) is 17.4. The van der Waals surface area contributed by atoms with Crippen LogP contribution < -0.4 is 10.6 Å². The summed E-state index contributed by atoms with van der Waals surface area (Å²) in [5, 5.41) is 15.2. The Labute approximate surface area is 144 Å². The standard InChI is InChI=1S/C17H20N2O4S/c1-12-4-2-5-13(8-12)19-17(22)11-24-10-16(21)18-9-14(20)15-6-3-7-23-15/h2-8,14,20H,9-11H2,1H3,(H,18,21)(H,19,22). The number of amides is 2. The molecule has 24 heavy (non-hydrogen) atoms. The van der Waals surface area contributed by atoms with Crippen molar-refractivity contribution in [3.05, 3.63) is 54.0 Å². The van der Waals surface area contributed by atoms with Crippen molar-refractivity contribution in [1.82, 2.24) is 5.32 Å². The van der Waals surface area contributed by atoms with Crippen LogP contribution in [0.1, 0.15) is 17.4 Å². The first-order valence-corrected chi connectivity index (χ1v) is 8.62. The molecule has 2 aromatic rings. The number of hydrogen-bond donors (Lipinski definition) is 3. The zero-order valence-electron chi connectivity index (χ0n) is 13.3. The Kier molecular flexibility index (Phi) is 6.89. The number of aliphatic hydroxyl groups excluding tert-OH is 1. The Morgan fingerprint density at radius 1 is 1.21 bits per heavy atom. The summed E-state index contributed by atoms with van der Waals surface area (Å²) in [6, 6.07) is 10.8. The first-order valence-electron chi connectivity index (χ1n) is 7.47. The van der Waals surface area contributed by atoms with Crippen molar-refractivity contribution in [2.24, 2.45) is 0 Å². The van der Waals surface area contributed by atoms with Crippen LogP contribution in [0, 0.1) is 6.92 Å². The molecule has 7 heteroatoms. The number of hydrogen-bond acceptors (Lipinski definition) is 5. The van der Waals surface area contributed by atoms with Crippen molar-refractivity contribution in [3.8, 4) is 0 Å². The summed E-state index contributed by atoms with van der Waals surface area (Å²) in [5.41, 5.74) is 1.81. The maximum absolute atomic E-state index is 11.8. The molecule has 1 unspecified atom stereocenters. The van der Waals surface area contributed by atoms with Gasteiger partial charge in [-0.3, -0.25) is 9.59 Å². The third kappa shape index (κ3) is 6.10. The number of carbonyl (C=O) groups excluding carboxylic acids is 2. The number of rotatable bonds is 8. The lowest BCUT2D eigenvalue weighted by molar-refractivity contribution is -0.119. The Hall–Kier alpha value is -2.25. The Bertz CT molecular complexity index is 673. The summed E-state index contributed by atoms with van der Waals surface area (Å²) in [5.74, 6) is 0.331. The van der Waals surface area contributed by atoms with Crippen molar-refractivity contribution >= 4 is 29.3 Å². The smallest absolute Gasteiger partial charge is 0.234 e. The van der Waals surface area contributed by atoms with Gasteiger partial charge in [0.1, 0.15) is 11.9 Å². The van der Waals surface area contributed by atoms with E-state index in [0.29, 0.717) is 5.76 Å². The number of benzene rings is 1. The molecule has 2 amide bonds. The average molecular weight is 348 g/mol. The van der Waals surface area contributed by atoms with E-state index in [9.17, 15) is 14.7 Å². The van der Waals surface area contributed by atoms with Gasteiger partial charge >= 0.3 is 0 Å². The Balaban J connectivity index is 1.62. The number of thioether (sulfide) groups is 1. The van der Waals surface area contributed by atoms with Gasteiger partial charge in [-0.05, 0) is 36.8 Å². The minimum Gasteiger partial charge on any atom is -0.467 e. The summed E-state index contributed by atoms with van der Waals surface area (Å²) in [7, 11) is 0. The summed E-state index contributed by atoms with van der Waals surface area (Å²) < 4.78 is 5.05. The first-order chi connectivity index (χ1) is 11.5. The largest absolute Gasteiger partial charge is 0.467 e. The molecule has 0 fully saturated rings. The molecule has 0 aliphatic carbocycles. The second kappa shape index (κ2) is 9.14. The van der Waals surface area contributed by atoms with Gasteiger partial charge in [-0.1, -0.05) is 12.1 Å². The van der Waals surface area contributed by atoms with E-state index in [2.05, 4.69) is 10.6 Å². The lowest BCUT2D eigenvalue weighted by Gasteiger charge is -2.09. The molecule has 1 atom stereocenters. The van der Waals surface area contributed by atoms with E-state index >= 15 is 0 Å². The molecule has 128 valence electrons. The van der Waals surface area contributed by atoms with Crippen LogP contribution in [0.4, 0.5) is 5.69 Å². The predicted octanol–water partition coefficient (Wildman–Crippen LogP) is 2.11. The van der Waals surface area contributed by atoms with Crippen molar-refractivity contribution < 1.29 is 19.1 Å². The van der Waals surface area contributed by atoms with Crippen LogP contribution in [0.3, 0.4) is 0 Å². The second-order valence-electron chi connectivity index (χ2n) is 5.25. The minimum atomic E-state index is -0.876. The van der Waals surface area contributed by atoms with Gasteiger partial charge in [-0.15, -0.1) is 11.8 Å². The summed E-state index contributed by atoms with van der Waals surface area (Å²) >= 11 is 1.21. The molecule has 0 radical (unpaired) electrons. The lowest BCUT2D eigenvalue weighted by Crippen LogP contribution is -2.30. The van der Waals surface area contributed by atoms with Crippen LogP contribution in [0.2, 0.25) is 0 Å². The highest BCUT2D eigenvalue weighted by molar-refractivity contribution is 8.00. The molecule has 2 rings (SSSR count). The monoisotopic (exact) mass is 348 g/mol. The van der Waals surface area contributed by atoms with Gasteiger partial charge in [0.05, 0.1) is 24.3 Å². The van der Waals surface area contributed by atoms with E-state index in [1.807, 2.05) is 31.2 Å². The van der Waals surface area contributed by atoms with Crippen LogP contribution in [0.15, 0.2) is 47.1 Å². The molecule has 1 aromatic carbocycles. The SMILES string of the molecule is Cc1cccc(NC(=O)CSCC(=O)NCC(O)c2ccco2)c1.